The molecule has 0 radical (unpaired) electrons. The molecule has 2 rings (SSSR count). The van der Waals surface area contributed by atoms with Crippen LogP contribution < -0.4 is 9.47 Å². The SMILES string of the molecule is COc1ccccc1OCc1ccc(Br)c(C)c1. The van der Waals surface area contributed by atoms with Crippen molar-refractivity contribution in [3.8, 4) is 11.5 Å². The molecule has 2 aromatic rings. The van der Waals surface area contributed by atoms with Crippen LogP contribution in [0.3, 0.4) is 0 Å². The smallest absolute Gasteiger partial charge is 0.161 e. The fourth-order valence-electron chi connectivity index (χ4n) is 1.70. The van der Waals surface area contributed by atoms with E-state index in [2.05, 4.69) is 28.9 Å². The van der Waals surface area contributed by atoms with Crippen molar-refractivity contribution in [2.24, 2.45) is 0 Å². The second-order valence-corrected chi connectivity index (χ2v) is 4.88. The Morgan fingerprint density at radius 3 is 2.44 bits per heavy atom. The molecule has 2 aromatic carbocycles. The van der Waals surface area contributed by atoms with Gasteiger partial charge < -0.3 is 9.47 Å². The first kappa shape index (κ1) is 13.0. The molecule has 0 spiro atoms. The largest absolute Gasteiger partial charge is 0.493 e. The number of benzene rings is 2. The molecule has 0 bridgehead atoms. The van der Waals surface area contributed by atoms with Crippen molar-refractivity contribution in [2.45, 2.75) is 13.5 Å². The van der Waals surface area contributed by atoms with E-state index in [4.69, 9.17) is 9.47 Å². The lowest BCUT2D eigenvalue weighted by molar-refractivity contribution is 0.284. The predicted molar refractivity (Wildman–Crippen MR) is 76.2 cm³/mol. The number of methoxy groups -OCH3 is 1. The van der Waals surface area contributed by atoms with Crippen molar-refractivity contribution in [1.82, 2.24) is 0 Å². The van der Waals surface area contributed by atoms with Crippen molar-refractivity contribution in [3.63, 3.8) is 0 Å². The summed E-state index contributed by atoms with van der Waals surface area (Å²) in [5, 5.41) is 0. The zero-order chi connectivity index (χ0) is 13.0. The number of hydrogen-bond donors (Lipinski definition) is 0. The molecule has 0 saturated carbocycles. The Morgan fingerprint density at radius 2 is 1.78 bits per heavy atom. The predicted octanol–water partition coefficient (Wildman–Crippen LogP) is 4.35. The summed E-state index contributed by atoms with van der Waals surface area (Å²) >= 11 is 3.49. The van der Waals surface area contributed by atoms with Crippen molar-refractivity contribution in [2.75, 3.05) is 7.11 Å². The summed E-state index contributed by atoms with van der Waals surface area (Å²) in [5.41, 5.74) is 2.35. The van der Waals surface area contributed by atoms with Crippen LogP contribution in [0.4, 0.5) is 0 Å². The van der Waals surface area contributed by atoms with Gasteiger partial charge in [0.25, 0.3) is 0 Å². The van der Waals surface area contributed by atoms with Crippen LogP contribution in [-0.2, 0) is 6.61 Å². The second kappa shape index (κ2) is 5.91. The molecule has 0 unspecified atom stereocenters. The topological polar surface area (TPSA) is 18.5 Å². The number of halogens is 1. The van der Waals surface area contributed by atoms with Gasteiger partial charge in [0.05, 0.1) is 7.11 Å². The minimum absolute atomic E-state index is 0.536. The van der Waals surface area contributed by atoms with Crippen LogP contribution in [-0.4, -0.2) is 7.11 Å². The van der Waals surface area contributed by atoms with Crippen molar-refractivity contribution in [3.05, 3.63) is 58.1 Å². The van der Waals surface area contributed by atoms with Gasteiger partial charge >= 0.3 is 0 Å². The Labute approximate surface area is 116 Å². The first-order valence-corrected chi connectivity index (χ1v) is 6.51. The first-order chi connectivity index (χ1) is 8.70. The molecule has 18 heavy (non-hydrogen) atoms. The molecule has 0 saturated heterocycles. The Bertz CT molecular complexity index is 538. The zero-order valence-electron chi connectivity index (χ0n) is 10.4. The molecule has 0 fully saturated rings. The second-order valence-electron chi connectivity index (χ2n) is 4.02. The lowest BCUT2D eigenvalue weighted by Crippen LogP contribution is -1.98. The standard InChI is InChI=1S/C15H15BrO2/c1-11-9-12(7-8-13(11)16)10-18-15-6-4-3-5-14(15)17-2/h3-9H,10H2,1-2H3. The Hall–Kier alpha value is -1.48. The minimum atomic E-state index is 0.536. The van der Waals surface area contributed by atoms with Gasteiger partial charge in [0, 0.05) is 4.47 Å². The van der Waals surface area contributed by atoms with Crippen molar-refractivity contribution in [1.29, 1.82) is 0 Å². The van der Waals surface area contributed by atoms with Crippen molar-refractivity contribution >= 4 is 15.9 Å². The zero-order valence-corrected chi connectivity index (χ0v) is 12.0. The van der Waals surface area contributed by atoms with Crippen LogP contribution in [0.1, 0.15) is 11.1 Å². The van der Waals surface area contributed by atoms with E-state index >= 15 is 0 Å². The summed E-state index contributed by atoms with van der Waals surface area (Å²) in [7, 11) is 1.64. The quantitative estimate of drug-likeness (QED) is 0.836. The number of hydrogen-bond acceptors (Lipinski definition) is 2. The van der Waals surface area contributed by atoms with Crippen LogP contribution in [0.15, 0.2) is 46.9 Å². The maximum atomic E-state index is 5.77. The molecular formula is C15H15BrO2. The van der Waals surface area contributed by atoms with Gasteiger partial charge in [-0.2, -0.15) is 0 Å². The molecule has 0 N–H and O–H groups in total. The molecule has 0 aliphatic carbocycles. The highest BCUT2D eigenvalue weighted by Crippen LogP contribution is 2.27. The lowest BCUT2D eigenvalue weighted by atomic mass is 10.1. The van der Waals surface area contributed by atoms with Crippen LogP contribution in [0.25, 0.3) is 0 Å². The average molecular weight is 307 g/mol. The van der Waals surface area contributed by atoms with Gasteiger partial charge in [0.1, 0.15) is 6.61 Å². The van der Waals surface area contributed by atoms with Crippen LogP contribution in [0.5, 0.6) is 11.5 Å². The third-order valence-electron chi connectivity index (χ3n) is 2.69. The molecule has 94 valence electrons. The third-order valence-corrected chi connectivity index (χ3v) is 3.58. The third kappa shape index (κ3) is 3.05. The highest BCUT2D eigenvalue weighted by molar-refractivity contribution is 9.10. The molecule has 0 aliphatic rings. The van der Waals surface area contributed by atoms with Gasteiger partial charge in [-0.25, -0.2) is 0 Å². The summed E-state index contributed by atoms with van der Waals surface area (Å²) in [5.74, 6) is 1.52. The van der Waals surface area contributed by atoms with E-state index in [1.807, 2.05) is 36.4 Å². The first-order valence-electron chi connectivity index (χ1n) is 5.71. The van der Waals surface area contributed by atoms with Gasteiger partial charge in [-0.05, 0) is 36.2 Å². The Morgan fingerprint density at radius 1 is 1.06 bits per heavy atom. The van der Waals surface area contributed by atoms with E-state index in [1.165, 1.54) is 5.56 Å². The number of rotatable bonds is 4. The van der Waals surface area contributed by atoms with E-state index in [-0.39, 0.29) is 0 Å². The molecule has 0 aromatic heterocycles. The summed E-state index contributed by atoms with van der Waals surface area (Å²) in [6, 6.07) is 13.9. The van der Waals surface area contributed by atoms with Gasteiger partial charge in [-0.3, -0.25) is 0 Å². The van der Waals surface area contributed by atoms with E-state index in [0.717, 1.165) is 21.5 Å². The maximum Gasteiger partial charge on any atom is 0.161 e. The Kier molecular flexibility index (Phi) is 4.26. The maximum absolute atomic E-state index is 5.77. The highest BCUT2D eigenvalue weighted by atomic mass is 79.9. The fraction of sp³-hybridized carbons (Fsp3) is 0.200. The number of para-hydroxylation sites is 2. The van der Waals surface area contributed by atoms with Crippen molar-refractivity contribution < 1.29 is 9.47 Å². The minimum Gasteiger partial charge on any atom is -0.493 e. The summed E-state index contributed by atoms with van der Waals surface area (Å²) < 4.78 is 12.1. The molecular weight excluding hydrogens is 292 g/mol. The highest BCUT2D eigenvalue weighted by Gasteiger charge is 2.03. The summed E-state index contributed by atoms with van der Waals surface area (Å²) in [6.07, 6.45) is 0. The van der Waals surface area contributed by atoms with E-state index in [1.54, 1.807) is 7.11 Å². The lowest BCUT2D eigenvalue weighted by Gasteiger charge is -2.11. The Balaban J connectivity index is 2.09. The molecule has 0 amide bonds. The average Bonchev–Trinajstić information content (AvgIpc) is 2.40. The molecule has 0 atom stereocenters. The van der Waals surface area contributed by atoms with E-state index < -0.39 is 0 Å². The monoisotopic (exact) mass is 306 g/mol. The molecule has 3 heteroatoms. The summed E-state index contributed by atoms with van der Waals surface area (Å²) in [6.45, 7) is 2.60. The van der Waals surface area contributed by atoms with Crippen LogP contribution in [0.2, 0.25) is 0 Å². The van der Waals surface area contributed by atoms with Gasteiger partial charge in [0.2, 0.25) is 0 Å². The molecule has 0 heterocycles. The van der Waals surface area contributed by atoms with Gasteiger partial charge in [-0.1, -0.05) is 40.2 Å². The van der Waals surface area contributed by atoms with Gasteiger partial charge in [0.15, 0.2) is 11.5 Å². The van der Waals surface area contributed by atoms with Crippen LogP contribution >= 0.6 is 15.9 Å². The number of ether oxygens (including phenoxy) is 2. The molecule has 2 nitrogen and oxygen atoms in total. The number of aryl methyl sites for hydroxylation is 1. The van der Waals surface area contributed by atoms with Crippen LogP contribution in [0, 0.1) is 6.92 Å². The molecule has 0 aliphatic heterocycles. The summed E-state index contributed by atoms with van der Waals surface area (Å²) in [4.78, 5) is 0. The van der Waals surface area contributed by atoms with Gasteiger partial charge in [-0.15, -0.1) is 0 Å². The fourth-order valence-corrected chi connectivity index (χ4v) is 1.94. The van der Waals surface area contributed by atoms with E-state index in [0.29, 0.717) is 6.61 Å². The van der Waals surface area contributed by atoms with E-state index in [9.17, 15) is 0 Å². The normalized spacial score (nSPS) is 10.2.